The summed E-state index contributed by atoms with van der Waals surface area (Å²) in [5, 5.41) is 4.09. The first kappa shape index (κ1) is 21.0. The van der Waals surface area contributed by atoms with Crippen LogP contribution in [0.1, 0.15) is 22.8 Å². The van der Waals surface area contributed by atoms with Gasteiger partial charge >= 0.3 is 5.97 Å². The van der Waals surface area contributed by atoms with Crippen molar-refractivity contribution in [1.82, 2.24) is 5.32 Å². The van der Waals surface area contributed by atoms with Gasteiger partial charge in [-0.15, -0.1) is 0 Å². The highest BCUT2D eigenvalue weighted by Crippen LogP contribution is 2.28. The molecule has 0 fully saturated rings. The Morgan fingerprint density at radius 3 is 2.23 bits per heavy atom. The Hall–Kier alpha value is -3.67. The molecule has 0 bridgehead atoms. The summed E-state index contributed by atoms with van der Waals surface area (Å²) in [6.45, 7) is 0.946. The molecule has 0 heterocycles. The number of carbonyl (C=O) groups is 3. The second kappa shape index (κ2) is 9.69. The Balaban J connectivity index is 1.65. The zero-order valence-corrected chi connectivity index (χ0v) is 16.9. The van der Waals surface area contributed by atoms with Crippen LogP contribution in [-0.2, 0) is 20.7 Å². The third-order valence-electron chi connectivity index (χ3n) is 4.77. The monoisotopic (exact) mass is 405 g/mol. The minimum Gasteiger partial charge on any atom is -0.496 e. The van der Waals surface area contributed by atoms with Crippen LogP contribution in [0.2, 0.25) is 0 Å². The van der Waals surface area contributed by atoms with E-state index < -0.39 is 24.5 Å². The molecule has 6 nitrogen and oxygen atoms in total. The number of amides is 1. The molecule has 1 atom stereocenters. The summed E-state index contributed by atoms with van der Waals surface area (Å²) < 4.78 is 10.5. The van der Waals surface area contributed by atoms with Crippen molar-refractivity contribution in [3.63, 3.8) is 0 Å². The fourth-order valence-corrected chi connectivity index (χ4v) is 3.22. The standard InChI is InChI=1S/C24H23NO5/c1-16(26)21(14-17-8-4-3-5-9-17)25-23(27)15-30-24(28)20-12-13-22(29-2)19-11-7-6-10-18(19)20/h3-13,21H,14-15H2,1-2H3,(H,25,27)/t21-/m0/s1. The second-order valence-electron chi connectivity index (χ2n) is 6.86. The van der Waals surface area contributed by atoms with Crippen molar-refractivity contribution in [3.8, 4) is 5.75 Å². The molecule has 1 N–H and O–H groups in total. The van der Waals surface area contributed by atoms with E-state index in [2.05, 4.69) is 5.32 Å². The Bertz CT molecular complexity index is 1060. The van der Waals surface area contributed by atoms with Crippen LogP contribution in [0.4, 0.5) is 0 Å². The maximum absolute atomic E-state index is 12.6. The fraction of sp³-hybridized carbons (Fsp3) is 0.208. The van der Waals surface area contributed by atoms with E-state index in [-0.39, 0.29) is 5.78 Å². The number of methoxy groups -OCH3 is 1. The predicted molar refractivity (Wildman–Crippen MR) is 114 cm³/mol. The number of esters is 1. The van der Waals surface area contributed by atoms with E-state index in [9.17, 15) is 14.4 Å². The number of hydrogen-bond donors (Lipinski definition) is 1. The Labute approximate surface area is 174 Å². The lowest BCUT2D eigenvalue weighted by Gasteiger charge is -2.16. The average Bonchev–Trinajstić information content (AvgIpc) is 2.77. The Morgan fingerprint density at radius 1 is 0.900 bits per heavy atom. The van der Waals surface area contributed by atoms with Gasteiger partial charge < -0.3 is 14.8 Å². The molecule has 30 heavy (non-hydrogen) atoms. The molecule has 0 aliphatic rings. The number of ether oxygens (including phenoxy) is 2. The molecule has 0 spiro atoms. The zero-order chi connectivity index (χ0) is 21.5. The van der Waals surface area contributed by atoms with E-state index in [1.54, 1.807) is 25.3 Å². The van der Waals surface area contributed by atoms with Gasteiger partial charge in [-0.3, -0.25) is 9.59 Å². The third-order valence-corrected chi connectivity index (χ3v) is 4.77. The van der Waals surface area contributed by atoms with Crippen molar-refractivity contribution in [2.24, 2.45) is 0 Å². The molecule has 0 radical (unpaired) electrons. The number of benzene rings is 3. The first-order valence-corrected chi connectivity index (χ1v) is 9.56. The van der Waals surface area contributed by atoms with Gasteiger partial charge in [0.1, 0.15) is 5.75 Å². The number of carbonyl (C=O) groups excluding carboxylic acids is 3. The number of ketones is 1. The maximum Gasteiger partial charge on any atom is 0.339 e. The summed E-state index contributed by atoms with van der Waals surface area (Å²) in [7, 11) is 1.56. The number of hydrogen-bond acceptors (Lipinski definition) is 5. The lowest BCUT2D eigenvalue weighted by Crippen LogP contribution is -2.43. The predicted octanol–water partition coefficient (Wildman–Crippen LogP) is 3.32. The van der Waals surface area contributed by atoms with E-state index in [4.69, 9.17) is 9.47 Å². The van der Waals surface area contributed by atoms with Crippen LogP contribution in [0.25, 0.3) is 10.8 Å². The molecule has 0 saturated heterocycles. The van der Waals surface area contributed by atoms with Gasteiger partial charge in [-0.25, -0.2) is 4.79 Å². The molecular formula is C24H23NO5. The van der Waals surface area contributed by atoms with Gasteiger partial charge in [-0.05, 0) is 36.4 Å². The summed E-state index contributed by atoms with van der Waals surface area (Å²) in [4.78, 5) is 36.8. The van der Waals surface area contributed by atoms with Crippen molar-refractivity contribution >= 4 is 28.4 Å². The van der Waals surface area contributed by atoms with Crippen molar-refractivity contribution in [2.75, 3.05) is 13.7 Å². The minimum absolute atomic E-state index is 0.167. The van der Waals surface area contributed by atoms with Crippen molar-refractivity contribution in [3.05, 3.63) is 77.9 Å². The number of rotatable bonds is 8. The van der Waals surface area contributed by atoms with E-state index in [0.717, 1.165) is 10.9 Å². The first-order chi connectivity index (χ1) is 14.5. The van der Waals surface area contributed by atoms with E-state index in [1.807, 2.05) is 48.5 Å². The summed E-state index contributed by atoms with van der Waals surface area (Å²) in [6, 6.07) is 19.3. The Kier molecular flexibility index (Phi) is 6.80. The smallest absolute Gasteiger partial charge is 0.339 e. The van der Waals surface area contributed by atoms with Crippen LogP contribution in [0.3, 0.4) is 0 Å². The molecule has 3 aromatic rings. The third kappa shape index (κ3) is 5.03. The van der Waals surface area contributed by atoms with Crippen molar-refractivity contribution in [1.29, 1.82) is 0 Å². The number of fused-ring (bicyclic) bond motifs is 1. The number of nitrogens with one attached hydrogen (secondary N) is 1. The minimum atomic E-state index is -0.680. The van der Waals surface area contributed by atoms with E-state index in [0.29, 0.717) is 23.1 Å². The van der Waals surface area contributed by atoms with Crippen LogP contribution in [0.5, 0.6) is 5.75 Å². The molecule has 3 rings (SSSR count). The highest BCUT2D eigenvalue weighted by atomic mass is 16.5. The molecule has 0 aliphatic carbocycles. The lowest BCUT2D eigenvalue weighted by atomic mass is 10.0. The average molecular weight is 405 g/mol. The lowest BCUT2D eigenvalue weighted by molar-refractivity contribution is -0.128. The largest absolute Gasteiger partial charge is 0.496 e. The molecule has 0 saturated carbocycles. The highest BCUT2D eigenvalue weighted by molar-refractivity contribution is 6.06. The fourth-order valence-electron chi connectivity index (χ4n) is 3.22. The molecule has 3 aromatic carbocycles. The Morgan fingerprint density at radius 2 is 1.57 bits per heavy atom. The van der Waals surface area contributed by atoms with Crippen molar-refractivity contribution < 1.29 is 23.9 Å². The quantitative estimate of drug-likeness (QED) is 0.582. The van der Waals surface area contributed by atoms with Gasteiger partial charge in [0, 0.05) is 5.39 Å². The van der Waals surface area contributed by atoms with Gasteiger partial charge in [-0.2, -0.15) is 0 Å². The van der Waals surface area contributed by atoms with Crippen LogP contribution in [0, 0.1) is 0 Å². The number of Topliss-reactive ketones (excluding diaryl/α,β-unsaturated/α-hetero) is 1. The summed E-state index contributed by atoms with van der Waals surface area (Å²) in [5.74, 6) is -0.673. The summed E-state index contributed by atoms with van der Waals surface area (Å²) in [5.41, 5.74) is 1.27. The molecule has 0 aromatic heterocycles. The second-order valence-corrected chi connectivity index (χ2v) is 6.86. The summed E-state index contributed by atoms with van der Waals surface area (Å²) in [6.07, 6.45) is 0.374. The van der Waals surface area contributed by atoms with Crippen molar-refractivity contribution in [2.45, 2.75) is 19.4 Å². The zero-order valence-electron chi connectivity index (χ0n) is 16.9. The van der Waals surface area contributed by atoms with E-state index >= 15 is 0 Å². The van der Waals surface area contributed by atoms with Crippen LogP contribution in [0.15, 0.2) is 66.7 Å². The van der Waals surface area contributed by atoms with Gasteiger partial charge in [0.05, 0.1) is 18.7 Å². The van der Waals surface area contributed by atoms with Gasteiger partial charge in [0.2, 0.25) is 0 Å². The normalized spacial score (nSPS) is 11.5. The topological polar surface area (TPSA) is 81.7 Å². The van der Waals surface area contributed by atoms with Crippen LogP contribution in [-0.4, -0.2) is 37.4 Å². The SMILES string of the molecule is COc1ccc(C(=O)OCC(=O)N[C@@H](Cc2ccccc2)C(C)=O)c2ccccc12. The molecule has 0 unspecified atom stereocenters. The van der Waals surface area contributed by atoms with Crippen LogP contribution < -0.4 is 10.1 Å². The molecule has 0 aliphatic heterocycles. The van der Waals surface area contributed by atoms with Gasteiger partial charge in [0.25, 0.3) is 5.91 Å². The first-order valence-electron chi connectivity index (χ1n) is 9.56. The summed E-state index contributed by atoms with van der Waals surface area (Å²) >= 11 is 0. The molecular weight excluding hydrogens is 382 g/mol. The molecule has 6 heteroatoms. The molecule has 1 amide bonds. The van der Waals surface area contributed by atoms with Gasteiger partial charge in [-0.1, -0.05) is 54.6 Å². The van der Waals surface area contributed by atoms with Gasteiger partial charge in [0.15, 0.2) is 12.4 Å². The molecule has 154 valence electrons. The van der Waals surface area contributed by atoms with E-state index in [1.165, 1.54) is 6.92 Å². The maximum atomic E-state index is 12.6. The highest BCUT2D eigenvalue weighted by Gasteiger charge is 2.20. The van der Waals surface area contributed by atoms with Crippen LogP contribution >= 0.6 is 0 Å².